The molecule has 0 bridgehead atoms. The second-order valence-corrected chi connectivity index (χ2v) is 6.70. The third-order valence-electron chi connectivity index (χ3n) is 4.57. The van der Waals surface area contributed by atoms with Crippen molar-refractivity contribution in [3.8, 4) is 0 Å². The number of anilines is 4. The highest BCUT2D eigenvalue weighted by Gasteiger charge is 2.28. The summed E-state index contributed by atoms with van der Waals surface area (Å²) in [6.45, 7) is 6.27. The van der Waals surface area contributed by atoms with E-state index in [1.165, 1.54) is 16.8 Å². The number of nitrogens with zero attached hydrogens (tertiary/aromatic N) is 3. The van der Waals surface area contributed by atoms with Gasteiger partial charge in [0.05, 0.1) is 0 Å². The molecule has 126 valence electrons. The lowest BCUT2D eigenvalue weighted by molar-refractivity contribution is 0.747. The van der Waals surface area contributed by atoms with Gasteiger partial charge in [-0.05, 0) is 56.5 Å². The Labute approximate surface area is 148 Å². The molecule has 0 amide bonds. The van der Waals surface area contributed by atoms with E-state index in [2.05, 4.69) is 71.5 Å². The Bertz CT molecular complexity index is 919. The monoisotopic (exact) mass is 330 g/mol. The van der Waals surface area contributed by atoms with Crippen LogP contribution in [-0.2, 0) is 6.42 Å². The van der Waals surface area contributed by atoms with Gasteiger partial charge in [-0.3, -0.25) is 0 Å². The van der Waals surface area contributed by atoms with E-state index in [-0.39, 0.29) is 0 Å². The van der Waals surface area contributed by atoms with Crippen molar-refractivity contribution in [1.29, 1.82) is 0 Å². The molecule has 0 spiro atoms. The molecule has 0 fully saturated rings. The van der Waals surface area contributed by atoms with Gasteiger partial charge in [0.1, 0.15) is 17.5 Å². The van der Waals surface area contributed by atoms with Gasteiger partial charge in [0.2, 0.25) is 0 Å². The summed E-state index contributed by atoms with van der Waals surface area (Å²) in [6.07, 6.45) is 1.04. The molecule has 4 rings (SSSR count). The van der Waals surface area contributed by atoms with E-state index in [1.54, 1.807) is 0 Å². The molecule has 2 aromatic carbocycles. The van der Waals surface area contributed by atoms with Gasteiger partial charge in [0.25, 0.3) is 0 Å². The standard InChI is InChI=1S/C21H22N4/c1-14-7-6-9-18(11-14)24-20-13-21(23-16(3)22-20)25-15(2)12-17-8-4-5-10-19(17)25/h4-11,13,15H,12H2,1-3H3,(H,22,23,24). The molecule has 0 saturated heterocycles. The molecule has 1 N–H and O–H groups in total. The largest absolute Gasteiger partial charge is 0.340 e. The van der Waals surface area contributed by atoms with Crippen molar-refractivity contribution in [3.63, 3.8) is 0 Å². The number of para-hydroxylation sites is 1. The van der Waals surface area contributed by atoms with Crippen LogP contribution in [0.2, 0.25) is 0 Å². The smallest absolute Gasteiger partial charge is 0.139 e. The first kappa shape index (κ1) is 15.6. The highest BCUT2D eigenvalue weighted by Crippen LogP contribution is 2.37. The normalized spacial score (nSPS) is 16.0. The van der Waals surface area contributed by atoms with Gasteiger partial charge in [0.15, 0.2) is 0 Å². The molecule has 0 saturated carbocycles. The van der Waals surface area contributed by atoms with Crippen molar-refractivity contribution in [2.45, 2.75) is 33.2 Å². The van der Waals surface area contributed by atoms with Crippen LogP contribution >= 0.6 is 0 Å². The molecule has 0 radical (unpaired) electrons. The summed E-state index contributed by atoms with van der Waals surface area (Å²) in [5.74, 6) is 2.54. The minimum atomic E-state index is 0.388. The summed E-state index contributed by atoms with van der Waals surface area (Å²) >= 11 is 0. The molecular weight excluding hydrogens is 308 g/mol. The maximum absolute atomic E-state index is 4.70. The zero-order valence-electron chi connectivity index (χ0n) is 14.8. The van der Waals surface area contributed by atoms with Crippen molar-refractivity contribution in [1.82, 2.24) is 9.97 Å². The van der Waals surface area contributed by atoms with Gasteiger partial charge in [0, 0.05) is 23.5 Å². The number of aryl methyl sites for hydroxylation is 2. The third kappa shape index (κ3) is 3.07. The molecule has 2 heterocycles. The molecule has 4 heteroatoms. The van der Waals surface area contributed by atoms with Crippen LogP contribution in [0.1, 0.15) is 23.9 Å². The average Bonchev–Trinajstić information content (AvgIpc) is 2.90. The lowest BCUT2D eigenvalue weighted by atomic mass is 10.1. The molecule has 1 atom stereocenters. The van der Waals surface area contributed by atoms with E-state index in [4.69, 9.17) is 4.98 Å². The van der Waals surface area contributed by atoms with Crippen LogP contribution in [0.15, 0.2) is 54.6 Å². The quantitative estimate of drug-likeness (QED) is 0.740. The van der Waals surface area contributed by atoms with Crippen LogP contribution in [0.4, 0.5) is 23.0 Å². The Hall–Kier alpha value is -2.88. The SMILES string of the molecule is Cc1cccc(Nc2cc(N3c4ccccc4CC3C)nc(C)n2)c1. The fourth-order valence-corrected chi connectivity index (χ4v) is 3.52. The number of hydrogen-bond acceptors (Lipinski definition) is 4. The summed E-state index contributed by atoms with van der Waals surface area (Å²) in [7, 11) is 0. The highest BCUT2D eigenvalue weighted by molar-refractivity contribution is 5.71. The fourth-order valence-electron chi connectivity index (χ4n) is 3.52. The molecule has 1 aliphatic rings. The molecule has 4 nitrogen and oxygen atoms in total. The first-order valence-electron chi connectivity index (χ1n) is 8.67. The first-order chi connectivity index (χ1) is 12.1. The third-order valence-corrected chi connectivity index (χ3v) is 4.57. The lowest BCUT2D eigenvalue weighted by Crippen LogP contribution is -2.25. The van der Waals surface area contributed by atoms with Gasteiger partial charge >= 0.3 is 0 Å². The van der Waals surface area contributed by atoms with Crippen LogP contribution in [0, 0.1) is 13.8 Å². The van der Waals surface area contributed by atoms with Crippen LogP contribution in [-0.4, -0.2) is 16.0 Å². The van der Waals surface area contributed by atoms with E-state index in [0.717, 1.165) is 29.6 Å². The van der Waals surface area contributed by atoms with Crippen LogP contribution < -0.4 is 10.2 Å². The summed E-state index contributed by atoms with van der Waals surface area (Å²) in [5.41, 5.74) is 4.88. The van der Waals surface area contributed by atoms with E-state index in [1.807, 2.05) is 19.1 Å². The summed E-state index contributed by atoms with van der Waals surface area (Å²) in [6, 6.07) is 19.3. The van der Waals surface area contributed by atoms with Gasteiger partial charge < -0.3 is 10.2 Å². The molecule has 0 aliphatic carbocycles. The molecule has 3 aromatic rings. The van der Waals surface area contributed by atoms with E-state index in [9.17, 15) is 0 Å². The van der Waals surface area contributed by atoms with Crippen molar-refractivity contribution in [2.75, 3.05) is 10.2 Å². The van der Waals surface area contributed by atoms with Crippen molar-refractivity contribution in [3.05, 3.63) is 71.5 Å². The zero-order valence-corrected chi connectivity index (χ0v) is 14.8. The van der Waals surface area contributed by atoms with Gasteiger partial charge in [-0.1, -0.05) is 30.3 Å². The Morgan fingerprint density at radius 2 is 1.84 bits per heavy atom. The first-order valence-corrected chi connectivity index (χ1v) is 8.67. The van der Waals surface area contributed by atoms with Crippen LogP contribution in [0.3, 0.4) is 0 Å². The molecule has 1 aliphatic heterocycles. The van der Waals surface area contributed by atoms with Crippen LogP contribution in [0.5, 0.6) is 0 Å². The summed E-state index contributed by atoms with van der Waals surface area (Å²) in [5, 5.41) is 3.41. The van der Waals surface area contributed by atoms with Gasteiger partial charge in [-0.25, -0.2) is 9.97 Å². The minimum Gasteiger partial charge on any atom is -0.340 e. The van der Waals surface area contributed by atoms with Gasteiger partial charge in [-0.15, -0.1) is 0 Å². The van der Waals surface area contributed by atoms with Crippen LogP contribution in [0.25, 0.3) is 0 Å². The Morgan fingerprint density at radius 3 is 2.68 bits per heavy atom. The fraction of sp³-hybridized carbons (Fsp3) is 0.238. The van der Waals surface area contributed by atoms with E-state index >= 15 is 0 Å². The maximum atomic E-state index is 4.70. The number of benzene rings is 2. The maximum Gasteiger partial charge on any atom is 0.139 e. The Balaban J connectivity index is 1.71. The lowest BCUT2D eigenvalue weighted by Gasteiger charge is -2.24. The predicted molar refractivity (Wildman–Crippen MR) is 103 cm³/mol. The molecule has 25 heavy (non-hydrogen) atoms. The second kappa shape index (κ2) is 6.20. The Kier molecular flexibility index (Phi) is 3.88. The Morgan fingerprint density at radius 1 is 1.00 bits per heavy atom. The molecule has 1 unspecified atom stereocenters. The van der Waals surface area contributed by atoms with E-state index in [0.29, 0.717) is 6.04 Å². The summed E-state index contributed by atoms with van der Waals surface area (Å²) < 4.78 is 0. The van der Waals surface area contributed by atoms with Gasteiger partial charge in [-0.2, -0.15) is 0 Å². The number of fused-ring (bicyclic) bond motifs is 1. The number of aromatic nitrogens is 2. The summed E-state index contributed by atoms with van der Waals surface area (Å²) in [4.78, 5) is 11.6. The number of nitrogens with one attached hydrogen (secondary N) is 1. The number of hydrogen-bond donors (Lipinski definition) is 1. The van der Waals surface area contributed by atoms with Crippen molar-refractivity contribution in [2.24, 2.45) is 0 Å². The second-order valence-electron chi connectivity index (χ2n) is 6.70. The minimum absolute atomic E-state index is 0.388. The van der Waals surface area contributed by atoms with E-state index < -0.39 is 0 Å². The predicted octanol–water partition coefficient (Wildman–Crippen LogP) is 4.92. The average molecular weight is 330 g/mol. The number of rotatable bonds is 3. The van der Waals surface area contributed by atoms with Crippen molar-refractivity contribution < 1.29 is 0 Å². The topological polar surface area (TPSA) is 41.0 Å². The molecule has 1 aromatic heterocycles. The highest BCUT2D eigenvalue weighted by atomic mass is 15.2. The zero-order chi connectivity index (χ0) is 17.4. The molecular formula is C21H22N4. The van der Waals surface area contributed by atoms with Crippen molar-refractivity contribution >= 4 is 23.0 Å².